The van der Waals surface area contributed by atoms with Crippen molar-refractivity contribution in [1.82, 2.24) is 4.98 Å². The number of para-hydroxylation sites is 1. The number of halogens is 1. The molecule has 1 fully saturated rings. The zero-order valence-electron chi connectivity index (χ0n) is 18.5. The van der Waals surface area contributed by atoms with E-state index in [9.17, 15) is 9.90 Å². The highest BCUT2D eigenvalue weighted by atomic mass is 79.9. The van der Waals surface area contributed by atoms with Crippen molar-refractivity contribution in [3.05, 3.63) is 59.1 Å². The fourth-order valence-corrected chi connectivity index (χ4v) is 4.74. The quantitative estimate of drug-likeness (QED) is 0.423. The fraction of sp³-hybridized carbons (Fsp3) is 0.360. The monoisotopic (exact) mass is 496 g/mol. The van der Waals surface area contributed by atoms with E-state index in [2.05, 4.69) is 52.4 Å². The first-order chi connectivity index (χ1) is 15.4. The molecule has 7 heteroatoms. The molecule has 2 N–H and O–H groups in total. The van der Waals surface area contributed by atoms with E-state index in [1.165, 1.54) is 4.90 Å². The van der Waals surface area contributed by atoms with Crippen molar-refractivity contribution < 1.29 is 9.90 Å². The summed E-state index contributed by atoms with van der Waals surface area (Å²) in [6.07, 6.45) is 3.09. The molecule has 0 spiro atoms. The van der Waals surface area contributed by atoms with Crippen LogP contribution in [0.5, 0.6) is 0 Å². The van der Waals surface area contributed by atoms with Gasteiger partial charge in [-0.2, -0.15) is 0 Å². The van der Waals surface area contributed by atoms with Crippen LogP contribution >= 0.6 is 15.9 Å². The van der Waals surface area contributed by atoms with E-state index in [4.69, 9.17) is 4.98 Å². The van der Waals surface area contributed by atoms with Gasteiger partial charge in [-0.15, -0.1) is 0 Å². The average Bonchev–Trinajstić information content (AvgIpc) is 2.78. The molecule has 2 aromatic carbocycles. The molecule has 4 rings (SSSR count). The molecular formula is C25H29BrN4O2. The molecule has 0 atom stereocenters. The average molecular weight is 497 g/mol. The van der Waals surface area contributed by atoms with E-state index in [1.807, 2.05) is 42.5 Å². The molecular weight excluding hydrogens is 468 g/mol. The van der Waals surface area contributed by atoms with Crippen LogP contribution in [0.3, 0.4) is 0 Å². The van der Waals surface area contributed by atoms with Crippen molar-refractivity contribution in [1.29, 1.82) is 0 Å². The summed E-state index contributed by atoms with van der Waals surface area (Å²) in [5.41, 5.74) is 2.86. The predicted molar refractivity (Wildman–Crippen MR) is 135 cm³/mol. The zero-order valence-corrected chi connectivity index (χ0v) is 20.0. The Morgan fingerprint density at radius 1 is 1.09 bits per heavy atom. The number of carboxylic acid groups (broad SMARTS) is 1. The van der Waals surface area contributed by atoms with Gasteiger partial charge >= 0.3 is 6.09 Å². The summed E-state index contributed by atoms with van der Waals surface area (Å²) in [5, 5.41) is 14.5. The second kappa shape index (κ2) is 9.77. The van der Waals surface area contributed by atoms with Gasteiger partial charge in [0.1, 0.15) is 5.82 Å². The normalized spacial score (nSPS) is 18.3. The highest BCUT2D eigenvalue weighted by Gasteiger charge is 2.26. The topological polar surface area (TPSA) is 68.7 Å². The first-order valence-corrected chi connectivity index (χ1v) is 11.8. The molecule has 0 aliphatic heterocycles. The van der Waals surface area contributed by atoms with Gasteiger partial charge in [-0.1, -0.05) is 34.1 Å². The molecule has 1 amide bonds. The molecule has 0 saturated heterocycles. The fourth-order valence-electron chi connectivity index (χ4n) is 4.47. The van der Waals surface area contributed by atoms with Crippen LogP contribution < -0.4 is 15.1 Å². The van der Waals surface area contributed by atoms with Gasteiger partial charge in [0.15, 0.2) is 0 Å². The molecule has 1 heterocycles. The highest BCUT2D eigenvalue weighted by Crippen LogP contribution is 2.31. The largest absolute Gasteiger partial charge is 0.465 e. The molecule has 0 bridgehead atoms. The third-order valence-electron chi connectivity index (χ3n) is 6.18. The number of carbonyl (C=O) groups is 1. The lowest BCUT2D eigenvalue weighted by Gasteiger charge is -2.32. The molecule has 6 nitrogen and oxygen atoms in total. The number of anilines is 3. The van der Waals surface area contributed by atoms with E-state index in [0.29, 0.717) is 18.5 Å². The van der Waals surface area contributed by atoms with Gasteiger partial charge in [0.25, 0.3) is 0 Å². The van der Waals surface area contributed by atoms with Crippen LogP contribution in [-0.2, 0) is 0 Å². The summed E-state index contributed by atoms with van der Waals surface area (Å²) in [7, 11) is 4.10. The Morgan fingerprint density at radius 2 is 1.78 bits per heavy atom. The summed E-state index contributed by atoms with van der Waals surface area (Å²) in [4.78, 5) is 20.3. The first-order valence-electron chi connectivity index (χ1n) is 11.0. The van der Waals surface area contributed by atoms with Gasteiger partial charge in [0.2, 0.25) is 0 Å². The molecule has 3 aromatic rings. The summed E-state index contributed by atoms with van der Waals surface area (Å²) in [6.45, 7) is 0.530. The summed E-state index contributed by atoms with van der Waals surface area (Å²) in [6, 6.07) is 18.1. The molecule has 1 aliphatic rings. The van der Waals surface area contributed by atoms with Crippen LogP contribution in [0.4, 0.5) is 22.0 Å². The van der Waals surface area contributed by atoms with Gasteiger partial charge in [-0.3, -0.25) is 4.90 Å². The number of hydrogen-bond acceptors (Lipinski definition) is 4. The maximum atomic E-state index is 11.8. The predicted octanol–water partition coefficient (Wildman–Crippen LogP) is 6.22. The number of nitrogens with one attached hydrogen (secondary N) is 1. The Bertz CT molecular complexity index is 1080. The molecule has 168 valence electrons. The molecule has 0 unspecified atom stereocenters. The molecule has 1 aliphatic carbocycles. The minimum atomic E-state index is -0.899. The van der Waals surface area contributed by atoms with Crippen LogP contribution in [-0.4, -0.2) is 42.9 Å². The highest BCUT2D eigenvalue weighted by molar-refractivity contribution is 9.10. The Hall–Kier alpha value is -2.80. The van der Waals surface area contributed by atoms with Crippen molar-refractivity contribution in [2.45, 2.75) is 31.7 Å². The smallest absolute Gasteiger partial charge is 0.411 e. The van der Waals surface area contributed by atoms with Gasteiger partial charge in [0, 0.05) is 54.0 Å². The lowest BCUT2D eigenvalue weighted by atomic mass is 9.85. The minimum Gasteiger partial charge on any atom is -0.465 e. The lowest BCUT2D eigenvalue weighted by molar-refractivity contribution is 0.199. The molecule has 1 aromatic heterocycles. The zero-order chi connectivity index (χ0) is 22.7. The number of fused-ring (bicyclic) bond motifs is 1. The van der Waals surface area contributed by atoms with Crippen LogP contribution in [0, 0.1) is 5.92 Å². The van der Waals surface area contributed by atoms with Gasteiger partial charge in [-0.25, -0.2) is 9.78 Å². The van der Waals surface area contributed by atoms with Crippen LogP contribution in [0.15, 0.2) is 59.1 Å². The number of hydrogen-bond donors (Lipinski definition) is 2. The van der Waals surface area contributed by atoms with E-state index in [0.717, 1.165) is 58.3 Å². The van der Waals surface area contributed by atoms with Gasteiger partial charge < -0.3 is 15.3 Å². The van der Waals surface area contributed by atoms with Crippen molar-refractivity contribution in [2.75, 3.05) is 35.8 Å². The maximum absolute atomic E-state index is 11.8. The number of aromatic nitrogens is 1. The molecule has 32 heavy (non-hydrogen) atoms. The third-order valence-corrected chi connectivity index (χ3v) is 6.71. The number of amides is 1. The summed E-state index contributed by atoms with van der Waals surface area (Å²) in [5.74, 6) is 1.26. The summed E-state index contributed by atoms with van der Waals surface area (Å²) >= 11 is 3.41. The standard InChI is InChI=1S/C25H29BrN4O2/c1-29(2)23-15-24(28-22-6-4-3-5-21(22)23)27-19-11-7-17(8-12-19)16-30(25(31)32)20-13-9-18(26)10-14-20/h3-6,9-10,13-15,17,19H,7-8,11-12,16H2,1-2H3,(H,27,28)(H,31,32). The Labute approximate surface area is 197 Å². The van der Waals surface area contributed by atoms with Crippen LogP contribution in [0.1, 0.15) is 25.7 Å². The van der Waals surface area contributed by atoms with Crippen molar-refractivity contribution in [3.63, 3.8) is 0 Å². The Morgan fingerprint density at radius 3 is 2.44 bits per heavy atom. The lowest BCUT2D eigenvalue weighted by Crippen LogP contribution is -2.37. The van der Waals surface area contributed by atoms with Gasteiger partial charge in [-0.05, 0) is 61.9 Å². The molecule has 1 saturated carbocycles. The second-order valence-corrected chi connectivity index (χ2v) is 9.59. The van der Waals surface area contributed by atoms with Crippen molar-refractivity contribution >= 4 is 50.1 Å². The Balaban J connectivity index is 1.39. The molecule has 0 radical (unpaired) electrons. The van der Waals surface area contributed by atoms with Crippen LogP contribution in [0.2, 0.25) is 0 Å². The number of pyridine rings is 1. The van der Waals surface area contributed by atoms with E-state index < -0.39 is 6.09 Å². The van der Waals surface area contributed by atoms with E-state index in [-0.39, 0.29) is 0 Å². The van der Waals surface area contributed by atoms with Crippen molar-refractivity contribution in [2.24, 2.45) is 5.92 Å². The number of benzene rings is 2. The van der Waals surface area contributed by atoms with Crippen molar-refractivity contribution in [3.8, 4) is 0 Å². The third kappa shape index (κ3) is 5.15. The van der Waals surface area contributed by atoms with E-state index >= 15 is 0 Å². The number of nitrogens with zero attached hydrogens (tertiary/aromatic N) is 3. The first kappa shape index (κ1) is 22.4. The minimum absolute atomic E-state index is 0.348. The maximum Gasteiger partial charge on any atom is 0.411 e. The Kier molecular flexibility index (Phi) is 6.84. The van der Waals surface area contributed by atoms with Gasteiger partial charge in [0.05, 0.1) is 5.52 Å². The van der Waals surface area contributed by atoms with Crippen LogP contribution in [0.25, 0.3) is 10.9 Å². The summed E-state index contributed by atoms with van der Waals surface area (Å²) < 4.78 is 0.942. The van der Waals surface area contributed by atoms with E-state index in [1.54, 1.807) is 0 Å². The SMILES string of the molecule is CN(C)c1cc(NC2CCC(CN(C(=O)O)c3ccc(Br)cc3)CC2)nc2ccccc12. The second-order valence-electron chi connectivity index (χ2n) is 8.67. The number of rotatable bonds is 6.